The number of carbonyl (C=O) groups is 1. The molecule has 2 aromatic rings. The predicted molar refractivity (Wildman–Crippen MR) is 119 cm³/mol. The number of ether oxygens (including phenoxy) is 1. The van der Waals surface area contributed by atoms with E-state index >= 15 is 0 Å². The average Bonchev–Trinajstić information content (AvgIpc) is 2.65. The maximum absolute atomic E-state index is 12.7. The van der Waals surface area contributed by atoms with Crippen molar-refractivity contribution >= 4 is 48.0 Å². The van der Waals surface area contributed by atoms with E-state index in [1.54, 1.807) is 12.1 Å². The molecule has 1 amide bonds. The molecular weight excluding hydrogens is 421 g/mol. The maximum Gasteiger partial charge on any atom is 0.251 e. The van der Waals surface area contributed by atoms with Crippen molar-refractivity contribution in [3.63, 3.8) is 0 Å². The Morgan fingerprint density at radius 2 is 1.93 bits per heavy atom. The zero-order chi connectivity index (χ0) is 18.5. The molecule has 1 unspecified atom stereocenters. The van der Waals surface area contributed by atoms with Crippen LogP contribution in [0.1, 0.15) is 27.5 Å². The number of nitrogen functional groups attached to an aromatic ring is 1. The Balaban J connectivity index is 0.00000196. The van der Waals surface area contributed by atoms with Gasteiger partial charge in [0.2, 0.25) is 0 Å². The highest BCUT2D eigenvalue weighted by molar-refractivity contribution is 6.30. The molecule has 154 valence electrons. The number of morpholine rings is 1. The molecule has 1 fully saturated rings. The van der Waals surface area contributed by atoms with Gasteiger partial charge in [0.15, 0.2) is 0 Å². The highest BCUT2D eigenvalue weighted by atomic mass is 35.5. The van der Waals surface area contributed by atoms with Crippen molar-refractivity contribution in [3.8, 4) is 0 Å². The van der Waals surface area contributed by atoms with Gasteiger partial charge in [0, 0.05) is 35.9 Å². The van der Waals surface area contributed by atoms with E-state index in [1.807, 2.05) is 37.3 Å². The second-order valence-corrected chi connectivity index (χ2v) is 6.94. The smallest absolute Gasteiger partial charge is 0.251 e. The number of rotatable bonds is 5. The molecule has 1 aliphatic heterocycles. The largest absolute Gasteiger partial charge is 0.399 e. The van der Waals surface area contributed by atoms with Gasteiger partial charge >= 0.3 is 0 Å². The summed E-state index contributed by atoms with van der Waals surface area (Å²) in [5.41, 5.74) is 9.01. The maximum atomic E-state index is 12.7. The molecule has 3 N–H and O–H groups in total. The van der Waals surface area contributed by atoms with Gasteiger partial charge in [-0.2, -0.15) is 0 Å². The Morgan fingerprint density at radius 3 is 2.61 bits per heavy atom. The van der Waals surface area contributed by atoms with E-state index < -0.39 is 0 Å². The third-order valence-electron chi connectivity index (χ3n) is 4.68. The Morgan fingerprint density at radius 1 is 1.21 bits per heavy atom. The molecule has 8 heteroatoms. The van der Waals surface area contributed by atoms with E-state index in [0.717, 1.165) is 24.2 Å². The predicted octanol–water partition coefficient (Wildman–Crippen LogP) is 3.88. The lowest BCUT2D eigenvalue weighted by molar-refractivity contribution is 0.0162. The van der Waals surface area contributed by atoms with Gasteiger partial charge in [-0.05, 0) is 42.3 Å². The van der Waals surface area contributed by atoms with Gasteiger partial charge in [0.05, 0.1) is 19.3 Å². The first kappa shape index (κ1) is 24.5. The van der Waals surface area contributed by atoms with Crippen LogP contribution in [0.5, 0.6) is 0 Å². The summed E-state index contributed by atoms with van der Waals surface area (Å²) in [4.78, 5) is 15.0. The van der Waals surface area contributed by atoms with Gasteiger partial charge in [0.25, 0.3) is 5.91 Å². The molecule has 5 nitrogen and oxygen atoms in total. The number of benzene rings is 2. The topological polar surface area (TPSA) is 67.6 Å². The van der Waals surface area contributed by atoms with Crippen LogP contribution >= 0.6 is 36.4 Å². The molecule has 0 bridgehead atoms. The van der Waals surface area contributed by atoms with Gasteiger partial charge < -0.3 is 15.8 Å². The van der Waals surface area contributed by atoms with Crippen molar-refractivity contribution in [3.05, 3.63) is 64.2 Å². The first-order chi connectivity index (χ1) is 12.5. The second-order valence-electron chi connectivity index (χ2n) is 6.50. The molecule has 1 aliphatic rings. The van der Waals surface area contributed by atoms with Crippen LogP contribution in [0.3, 0.4) is 0 Å². The highest BCUT2D eigenvalue weighted by Crippen LogP contribution is 2.24. The lowest BCUT2D eigenvalue weighted by atomic mass is 10.0. The number of amides is 1. The van der Waals surface area contributed by atoms with Crippen LogP contribution in [0.4, 0.5) is 5.69 Å². The zero-order valence-corrected chi connectivity index (χ0v) is 18.1. The fourth-order valence-electron chi connectivity index (χ4n) is 3.23. The van der Waals surface area contributed by atoms with E-state index in [0.29, 0.717) is 36.0 Å². The molecule has 3 rings (SSSR count). The van der Waals surface area contributed by atoms with Crippen molar-refractivity contribution in [2.75, 3.05) is 38.6 Å². The van der Waals surface area contributed by atoms with Gasteiger partial charge in [0.1, 0.15) is 0 Å². The Hall–Kier alpha value is -1.50. The van der Waals surface area contributed by atoms with E-state index in [9.17, 15) is 4.79 Å². The highest BCUT2D eigenvalue weighted by Gasteiger charge is 2.24. The minimum atomic E-state index is -0.116. The van der Waals surface area contributed by atoms with Crippen LogP contribution in [-0.4, -0.2) is 43.7 Å². The Bertz CT molecular complexity index is 783. The lowest BCUT2D eigenvalue weighted by Crippen LogP contribution is -2.43. The fourth-order valence-corrected chi connectivity index (χ4v) is 3.43. The standard InChI is InChI=1S/C20H24ClN3O2.2ClH/c1-14-5-6-17(22)12-18(14)20(25)23-13-19(24-7-9-26-10-8-24)15-3-2-4-16(21)11-15;;/h2-6,11-12,19H,7-10,13,22H2,1H3,(H,23,25);2*1H. The van der Waals surface area contributed by atoms with Gasteiger partial charge in [-0.3, -0.25) is 9.69 Å². The first-order valence-electron chi connectivity index (χ1n) is 8.76. The monoisotopic (exact) mass is 445 g/mol. The number of nitrogens with two attached hydrogens (primary N) is 1. The third kappa shape index (κ3) is 6.26. The number of nitrogens with zero attached hydrogens (tertiary/aromatic N) is 1. The number of nitrogens with one attached hydrogen (secondary N) is 1. The number of hydrogen-bond donors (Lipinski definition) is 2. The van der Waals surface area contributed by atoms with E-state index in [4.69, 9.17) is 22.1 Å². The number of aryl methyl sites for hydroxylation is 1. The molecule has 1 heterocycles. The summed E-state index contributed by atoms with van der Waals surface area (Å²) in [5, 5.41) is 3.76. The number of hydrogen-bond acceptors (Lipinski definition) is 4. The summed E-state index contributed by atoms with van der Waals surface area (Å²) in [7, 11) is 0. The number of anilines is 1. The molecule has 0 radical (unpaired) electrons. The van der Waals surface area contributed by atoms with Crippen molar-refractivity contribution in [2.24, 2.45) is 0 Å². The fraction of sp³-hybridized carbons (Fsp3) is 0.350. The molecule has 0 aliphatic carbocycles. The molecule has 0 saturated carbocycles. The normalized spacial score (nSPS) is 15.1. The summed E-state index contributed by atoms with van der Waals surface area (Å²) in [6.07, 6.45) is 0. The van der Waals surface area contributed by atoms with Crippen LogP contribution in [0.2, 0.25) is 5.02 Å². The summed E-state index contributed by atoms with van der Waals surface area (Å²) < 4.78 is 5.46. The first-order valence-corrected chi connectivity index (χ1v) is 9.14. The summed E-state index contributed by atoms with van der Waals surface area (Å²) in [6.45, 7) is 5.44. The minimum absolute atomic E-state index is 0. The second kappa shape index (κ2) is 11.5. The lowest BCUT2D eigenvalue weighted by Gasteiger charge is -2.35. The van der Waals surface area contributed by atoms with Crippen molar-refractivity contribution in [1.29, 1.82) is 0 Å². The van der Waals surface area contributed by atoms with Gasteiger partial charge in [-0.25, -0.2) is 0 Å². The van der Waals surface area contributed by atoms with Crippen molar-refractivity contribution in [2.45, 2.75) is 13.0 Å². The van der Waals surface area contributed by atoms with Gasteiger partial charge in [-0.1, -0.05) is 29.8 Å². The van der Waals surface area contributed by atoms with Crippen LogP contribution in [-0.2, 0) is 4.74 Å². The average molecular weight is 447 g/mol. The Kier molecular flexibility index (Phi) is 10.1. The Labute approximate surface area is 183 Å². The van der Waals surface area contributed by atoms with E-state index in [2.05, 4.69) is 10.2 Å². The van der Waals surface area contributed by atoms with E-state index in [1.165, 1.54) is 0 Å². The molecule has 0 aromatic heterocycles. The third-order valence-corrected chi connectivity index (χ3v) is 4.92. The van der Waals surface area contributed by atoms with Gasteiger partial charge in [-0.15, -0.1) is 24.8 Å². The molecular formula is C20H26Cl3N3O2. The summed E-state index contributed by atoms with van der Waals surface area (Å²) in [6, 6.07) is 13.2. The molecule has 28 heavy (non-hydrogen) atoms. The number of halogens is 3. The molecule has 2 aromatic carbocycles. The molecule has 1 saturated heterocycles. The summed E-state index contributed by atoms with van der Waals surface area (Å²) >= 11 is 6.18. The van der Waals surface area contributed by atoms with Crippen LogP contribution < -0.4 is 11.1 Å². The SMILES string of the molecule is Cc1ccc(N)cc1C(=O)NCC(c1cccc(Cl)c1)N1CCOCC1.Cl.Cl. The van der Waals surface area contributed by atoms with Crippen molar-refractivity contribution in [1.82, 2.24) is 10.2 Å². The molecule has 0 spiro atoms. The molecule has 1 atom stereocenters. The minimum Gasteiger partial charge on any atom is -0.399 e. The van der Waals surface area contributed by atoms with Crippen LogP contribution in [0, 0.1) is 6.92 Å². The van der Waals surface area contributed by atoms with Crippen LogP contribution in [0.15, 0.2) is 42.5 Å². The van der Waals surface area contributed by atoms with E-state index in [-0.39, 0.29) is 36.8 Å². The zero-order valence-electron chi connectivity index (χ0n) is 15.7. The number of carbonyl (C=O) groups excluding carboxylic acids is 1. The quantitative estimate of drug-likeness (QED) is 0.684. The summed E-state index contributed by atoms with van der Waals surface area (Å²) in [5.74, 6) is -0.116. The van der Waals surface area contributed by atoms with Crippen molar-refractivity contribution < 1.29 is 9.53 Å². The van der Waals surface area contributed by atoms with Crippen LogP contribution in [0.25, 0.3) is 0 Å².